The van der Waals surface area contributed by atoms with Gasteiger partial charge in [0.05, 0.1) is 0 Å². The maximum absolute atomic E-state index is 3.89. The van der Waals surface area contributed by atoms with Crippen LogP contribution in [0.1, 0.15) is 63.6 Å². The van der Waals surface area contributed by atoms with E-state index in [-0.39, 0.29) is 0 Å². The molecule has 3 atom stereocenters. The van der Waals surface area contributed by atoms with E-state index < -0.39 is 0 Å². The summed E-state index contributed by atoms with van der Waals surface area (Å²) in [5.41, 5.74) is 2.78. The molecule has 0 heterocycles. The predicted octanol–water partition coefficient (Wildman–Crippen LogP) is 4.86. The van der Waals surface area contributed by atoms with Crippen molar-refractivity contribution in [2.24, 2.45) is 11.8 Å². The largest absolute Gasteiger partial charge is 0.307 e. The first-order chi connectivity index (χ1) is 9.08. The Kier molecular flexibility index (Phi) is 5.04. The van der Waals surface area contributed by atoms with Crippen molar-refractivity contribution >= 4 is 0 Å². The van der Waals surface area contributed by atoms with Gasteiger partial charge in [-0.2, -0.15) is 0 Å². The summed E-state index contributed by atoms with van der Waals surface area (Å²) in [5, 5.41) is 3.89. The van der Waals surface area contributed by atoms with E-state index in [4.69, 9.17) is 0 Å². The molecular weight excluding hydrogens is 230 g/mol. The van der Waals surface area contributed by atoms with Crippen LogP contribution >= 0.6 is 0 Å². The molecule has 1 nitrogen and oxygen atoms in total. The SMILES string of the molecule is Cc1cccc([C@@H](C)NC2CCCCC2C(C)C)c1. The molecule has 0 amide bonds. The first kappa shape index (κ1) is 14.6. The lowest BCUT2D eigenvalue weighted by Crippen LogP contribution is -2.42. The predicted molar refractivity (Wildman–Crippen MR) is 83.3 cm³/mol. The molecule has 1 aromatic carbocycles. The highest BCUT2D eigenvalue weighted by Gasteiger charge is 2.28. The zero-order valence-electron chi connectivity index (χ0n) is 12.9. The van der Waals surface area contributed by atoms with Gasteiger partial charge in [0.2, 0.25) is 0 Å². The van der Waals surface area contributed by atoms with E-state index in [1.165, 1.54) is 36.8 Å². The molecule has 19 heavy (non-hydrogen) atoms. The summed E-state index contributed by atoms with van der Waals surface area (Å²) in [6.45, 7) is 9.23. The van der Waals surface area contributed by atoms with Crippen molar-refractivity contribution in [2.75, 3.05) is 0 Å². The van der Waals surface area contributed by atoms with Crippen LogP contribution < -0.4 is 5.32 Å². The van der Waals surface area contributed by atoms with Crippen LogP contribution in [0.15, 0.2) is 24.3 Å². The molecule has 1 aliphatic carbocycles. The number of hydrogen-bond donors (Lipinski definition) is 1. The molecule has 1 fully saturated rings. The lowest BCUT2D eigenvalue weighted by molar-refractivity contribution is 0.195. The summed E-state index contributed by atoms with van der Waals surface area (Å²) < 4.78 is 0. The van der Waals surface area contributed by atoms with E-state index in [9.17, 15) is 0 Å². The van der Waals surface area contributed by atoms with Gasteiger partial charge in [-0.15, -0.1) is 0 Å². The minimum atomic E-state index is 0.462. The van der Waals surface area contributed by atoms with E-state index in [0.717, 1.165) is 11.8 Å². The Balaban J connectivity index is 2.02. The molecule has 1 N–H and O–H groups in total. The molecule has 2 rings (SSSR count). The minimum absolute atomic E-state index is 0.462. The molecule has 1 aliphatic rings. The molecule has 1 aromatic rings. The Hall–Kier alpha value is -0.820. The molecule has 0 radical (unpaired) electrons. The normalized spacial score (nSPS) is 25.5. The third kappa shape index (κ3) is 3.82. The minimum Gasteiger partial charge on any atom is -0.307 e. The Morgan fingerprint density at radius 2 is 1.84 bits per heavy atom. The fraction of sp³-hybridized carbons (Fsp3) is 0.667. The van der Waals surface area contributed by atoms with E-state index >= 15 is 0 Å². The van der Waals surface area contributed by atoms with E-state index in [1.54, 1.807) is 0 Å². The highest BCUT2D eigenvalue weighted by Crippen LogP contribution is 2.31. The van der Waals surface area contributed by atoms with Gasteiger partial charge in [-0.05, 0) is 44.1 Å². The van der Waals surface area contributed by atoms with Crippen molar-refractivity contribution < 1.29 is 0 Å². The first-order valence-electron chi connectivity index (χ1n) is 7.90. The maximum atomic E-state index is 3.89. The average Bonchev–Trinajstić information content (AvgIpc) is 2.39. The summed E-state index contributed by atoms with van der Waals surface area (Å²) in [7, 11) is 0. The maximum Gasteiger partial charge on any atom is 0.0294 e. The monoisotopic (exact) mass is 259 g/mol. The van der Waals surface area contributed by atoms with Gasteiger partial charge < -0.3 is 5.32 Å². The molecule has 1 saturated carbocycles. The third-order valence-corrected chi connectivity index (χ3v) is 4.68. The molecule has 0 saturated heterocycles. The van der Waals surface area contributed by atoms with Gasteiger partial charge in [0.25, 0.3) is 0 Å². The molecule has 0 bridgehead atoms. The van der Waals surface area contributed by atoms with Crippen molar-refractivity contribution in [1.82, 2.24) is 5.32 Å². The zero-order chi connectivity index (χ0) is 13.8. The highest BCUT2D eigenvalue weighted by molar-refractivity contribution is 5.24. The van der Waals surface area contributed by atoms with Crippen LogP contribution in [-0.2, 0) is 0 Å². The number of rotatable bonds is 4. The Bertz CT molecular complexity index is 396. The molecule has 0 aromatic heterocycles. The lowest BCUT2D eigenvalue weighted by atomic mass is 9.77. The summed E-state index contributed by atoms with van der Waals surface area (Å²) >= 11 is 0. The van der Waals surface area contributed by atoms with Crippen LogP contribution in [0.4, 0.5) is 0 Å². The van der Waals surface area contributed by atoms with Gasteiger partial charge in [-0.1, -0.05) is 56.5 Å². The van der Waals surface area contributed by atoms with Gasteiger partial charge in [0.15, 0.2) is 0 Å². The van der Waals surface area contributed by atoms with Crippen LogP contribution in [-0.4, -0.2) is 6.04 Å². The van der Waals surface area contributed by atoms with Gasteiger partial charge >= 0.3 is 0 Å². The van der Waals surface area contributed by atoms with Crippen LogP contribution in [0, 0.1) is 18.8 Å². The standard InChI is InChI=1S/C18H29N/c1-13(2)17-10-5-6-11-18(17)19-15(4)16-9-7-8-14(3)12-16/h7-9,12-13,15,17-19H,5-6,10-11H2,1-4H3/t15-,17?,18?/m1/s1. The quantitative estimate of drug-likeness (QED) is 0.814. The smallest absolute Gasteiger partial charge is 0.0294 e. The van der Waals surface area contributed by atoms with Crippen molar-refractivity contribution in [3.63, 3.8) is 0 Å². The zero-order valence-corrected chi connectivity index (χ0v) is 12.9. The Labute approximate surface area is 118 Å². The summed E-state index contributed by atoms with van der Waals surface area (Å²) in [5.74, 6) is 1.64. The van der Waals surface area contributed by atoms with E-state index in [1.807, 2.05) is 0 Å². The van der Waals surface area contributed by atoms with Crippen molar-refractivity contribution in [1.29, 1.82) is 0 Å². The first-order valence-corrected chi connectivity index (χ1v) is 7.90. The van der Waals surface area contributed by atoms with Gasteiger partial charge in [0, 0.05) is 12.1 Å². The second kappa shape index (κ2) is 6.56. The highest BCUT2D eigenvalue weighted by atomic mass is 15.0. The topological polar surface area (TPSA) is 12.0 Å². The second-order valence-corrected chi connectivity index (χ2v) is 6.60. The molecular formula is C18H29N. The molecule has 0 spiro atoms. The van der Waals surface area contributed by atoms with Gasteiger partial charge in [-0.3, -0.25) is 0 Å². The van der Waals surface area contributed by atoms with Crippen LogP contribution in [0.2, 0.25) is 0 Å². The fourth-order valence-corrected chi connectivity index (χ4v) is 3.52. The Morgan fingerprint density at radius 3 is 2.53 bits per heavy atom. The van der Waals surface area contributed by atoms with Gasteiger partial charge in [-0.25, -0.2) is 0 Å². The molecule has 1 heteroatoms. The number of benzene rings is 1. The molecule has 2 unspecified atom stereocenters. The number of aryl methyl sites for hydroxylation is 1. The molecule has 0 aliphatic heterocycles. The summed E-state index contributed by atoms with van der Waals surface area (Å²) in [6.07, 6.45) is 5.55. The van der Waals surface area contributed by atoms with Crippen molar-refractivity contribution in [3.8, 4) is 0 Å². The summed E-state index contributed by atoms with van der Waals surface area (Å²) in [4.78, 5) is 0. The lowest BCUT2D eigenvalue weighted by Gasteiger charge is -2.37. The third-order valence-electron chi connectivity index (χ3n) is 4.68. The summed E-state index contributed by atoms with van der Waals surface area (Å²) in [6, 6.07) is 10.1. The average molecular weight is 259 g/mol. The Morgan fingerprint density at radius 1 is 1.11 bits per heavy atom. The van der Waals surface area contributed by atoms with E-state index in [0.29, 0.717) is 12.1 Å². The molecule has 106 valence electrons. The van der Waals surface area contributed by atoms with Crippen molar-refractivity contribution in [2.45, 2.75) is 65.5 Å². The number of hydrogen-bond acceptors (Lipinski definition) is 1. The second-order valence-electron chi connectivity index (χ2n) is 6.60. The number of nitrogens with one attached hydrogen (secondary N) is 1. The fourth-order valence-electron chi connectivity index (χ4n) is 3.52. The van der Waals surface area contributed by atoms with Crippen molar-refractivity contribution in [3.05, 3.63) is 35.4 Å². The van der Waals surface area contributed by atoms with Gasteiger partial charge in [0.1, 0.15) is 0 Å². The van der Waals surface area contributed by atoms with Crippen LogP contribution in [0.3, 0.4) is 0 Å². The van der Waals surface area contributed by atoms with Crippen LogP contribution in [0.25, 0.3) is 0 Å². The van der Waals surface area contributed by atoms with E-state index in [2.05, 4.69) is 57.3 Å². The van der Waals surface area contributed by atoms with Crippen LogP contribution in [0.5, 0.6) is 0 Å².